The summed E-state index contributed by atoms with van der Waals surface area (Å²) >= 11 is 0. The van der Waals surface area contributed by atoms with Crippen molar-refractivity contribution in [3.8, 4) is 0 Å². The van der Waals surface area contributed by atoms with Crippen molar-refractivity contribution < 1.29 is 17.9 Å². The van der Waals surface area contributed by atoms with Gasteiger partial charge in [0.1, 0.15) is 0 Å². The number of sulfonamides is 1. The van der Waals surface area contributed by atoms with Crippen LogP contribution in [0.25, 0.3) is 0 Å². The first-order chi connectivity index (χ1) is 9.56. The van der Waals surface area contributed by atoms with E-state index in [2.05, 4.69) is 0 Å². The summed E-state index contributed by atoms with van der Waals surface area (Å²) in [5.74, 6) is 0.0845. The SMILES string of the molecule is COC1CCN(S(=O)(=O)CC2CCCCO2)C(CN)C1.Cl. The molecule has 2 fully saturated rings. The Bertz CT molecular complexity index is 401. The molecule has 0 aromatic carbocycles. The van der Waals surface area contributed by atoms with Gasteiger partial charge in [0, 0.05) is 32.8 Å². The maximum Gasteiger partial charge on any atom is 0.216 e. The van der Waals surface area contributed by atoms with Gasteiger partial charge in [-0.05, 0) is 32.1 Å². The van der Waals surface area contributed by atoms with Gasteiger partial charge in [-0.3, -0.25) is 0 Å². The van der Waals surface area contributed by atoms with Crippen LogP contribution in [0.1, 0.15) is 32.1 Å². The molecule has 0 saturated carbocycles. The molecule has 2 rings (SSSR count). The molecule has 126 valence electrons. The lowest BCUT2D eigenvalue weighted by Crippen LogP contribution is -2.52. The van der Waals surface area contributed by atoms with Gasteiger partial charge in [-0.1, -0.05) is 0 Å². The highest BCUT2D eigenvalue weighted by molar-refractivity contribution is 7.89. The minimum absolute atomic E-state index is 0. The second-order valence-electron chi connectivity index (χ2n) is 5.65. The minimum Gasteiger partial charge on any atom is -0.381 e. The van der Waals surface area contributed by atoms with Crippen LogP contribution in [-0.4, -0.2) is 63.5 Å². The molecule has 2 saturated heterocycles. The predicted molar refractivity (Wildman–Crippen MR) is 84.2 cm³/mol. The Morgan fingerprint density at radius 2 is 2.10 bits per heavy atom. The van der Waals surface area contributed by atoms with Gasteiger partial charge in [0.2, 0.25) is 10.0 Å². The van der Waals surface area contributed by atoms with Crippen molar-refractivity contribution in [1.29, 1.82) is 0 Å². The number of rotatable bonds is 5. The minimum atomic E-state index is -3.30. The average Bonchev–Trinajstić information content (AvgIpc) is 2.47. The zero-order valence-corrected chi connectivity index (χ0v) is 14.2. The van der Waals surface area contributed by atoms with Crippen molar-refractivity contribution in [2.45, 2.75) is 50.4 Å². The van der Waals surface area contributed by atoms with Crippen LogP contribution in [0.3, 0.4) is 0 Å². The van der Waals surface area contributed by atoms with Gasteiger partial charge in [0.15, 0.2) is 0 Å². The van der Waals surface area contributed by atoms with Crippen LogP contribution in [0.4, 0.5) is 0 Å². The first kappa shape index (κ1) is 19.1. The molecule has 3 unspecified atom stereocenters. The molecule has 0 aliphatic carbocycles. The summed E-state index contributed by atoms with van der Waals surface area (Å²) in [6.45, 7) is 1.51. The zero-order valence-electron chi connectivity index (χ0n) is 12.6. The first-order valence-electron chi connectivity index (χ1n) is 7.41. The number of hydrogen-bond acceptors (Lipinski definition) is 5. The van der Waals surface area contributed by atoms with Crippen molar-refractivity contribution in [3.63, 3.8) is 0 Å². The molecule has 3 atom stereocenters. The normalized spacial score (nSPS) is 31.6. The number of ether oxygens (including phenoxy) is 2. The molecule has 0 aromatic rings. The summed E-state index contributed by atoms with van der Waals surface area (Å²) in [7, 11) is -1.64. The molecule has 2 heterocycles. The molecule has 0 spiro atoms. The van der Waals surface area contributed by atoms with Gasteiger partial charge in [0.05, 0.1) is 18.0 Å². The summed E-state index contributed by atoms with van der Waals surface area (Å²) in [5, 5.41) is 0. The van der Waals surface area contributed by atoms with Crippen LogP contribution < -0.4 is 5.73 Å². The fourth-order valence-electron chi connectivity index (χ4n) is 3.06. The van der Waals surface area contributed by atoms with E-state index in [-0.39, 0.29) is 36.4 Å². The predicted octanol–water partition coefficient (Wildman–Crippen LogP) is 0.745. The fraction of sp³-hybridized carbons (Fsp3) is 1.00. The molecule has 8 heteroatoms. The number of nitrogens with two attached hydrogens (primary N) is 1. The van der Waals surface area contributed by atoms with E-state index >= 15 is 0 Å². The van der Waals surface area contributed by atoms with Crippen LogP contribution in [0, 0.1) is 0 Å². The fourth-order valence-corrected chi connectivity index (χ4v) is 4.99. The van der Waals surface area contributed by atoms with Crippen molar-refractivity contribution in [2.75, 3.05) is 32.6 Å². The maximum atomic E-state index is 12.6. The number of halogens is 1. The summed E-state index contributed by atoms with van der Waals surface area (Å²) in [5.41, 5.74) is 5.75. The topological polar surface area (TPSA) is 81.9 Å². The molecule has 0 amide bonds. The van der Waals surface area contributed by atoms with E-state index in [9.17, 15) is 8.42 Å². The van der Waals surface area contributed by atoms with Crippen LogP contribution in [0.5, 0.6) is 0 Å². The molecule has 0 bridgehead atoms. The highest BCUT2D eigenvalue weighted by Crippen LogP contribution is 2.24. The van der Waals surface area contributed by atoms with Crippen molar-refractivity contribution in [2.24, 2.45) is 5.73 Å². The Morgan fingerprint density at radius 3 is 2.67 bits per heavy atom. The van der Waals surface area contributed by atoms with E-state index in [4.69, 9.17) is 15.2 Å². The lowest BCUT2D eigenvalue weighted by molar-refractivity contribution is 0.0264. The number of piperidine rings is 1. The summed E-state index contributed by atoms with van der Waals surface area (Å²) < 4.78 is 37.6. The second kappa shape index (κ2) is 8.64. The molecule has 6 nitrogen and oxygen atoms in total. The third-order valence-corrected chi connectivity index (χ3v) is 6.24. The van der Waals surface area contributed by atoms with E-state index in [0.29, 0.717) is 26.1 Å². The Kier molecular flexibility index (Phi) is 7.87. The Morgan fingerprint density at radius 1 is 1.33 bits per heavy atom. The van der Waals surface area contributed by atoms with Gasteiger partial charge in [0.25, 0.3) is 0 Å². The number of nitrogens with zero attached hydrogens (tertiary/aromatic N) is 1. The van der Waals surface area contributed by atoms with E-state index in [1.807, 2.05) is 0 Å². The Labute approximate surface area is 133 Å². The monoisotopic (exact) mass is 342 g/mol. The molecule has 2 aliphatic rings. The molecular formula is C13H27ClN2O4S. The maximum absolute atomic E-state index is 12.6. The second-order valence-corrected chi connectivity index (χ2v) is 7.62. The highest BCUT2D eigenvalue weighted by atomic mass is 35.5. The number of hydrogen-bond donors (Lipinski definition) is 1. The van der Waals surface area contributed by atoms with Crippen LogP contribution in [0.15, 0.2) is 0 Å². The van der Waals surface area contributed by atoms with Crippen molar-refractivity contribution in [3.05, 3.63) is 0 Å². The summed E-state index contributed by atoms with van der Waals surface area (Å²) in [6, 6.07) is -0.151. The van der Waals surface area contributed by atoms with Crippen LogP contribution in [0.2, 0.25) is 0 Å². The van der Waals surface area contributed by atoms with Crippen molar-refractivity contribution >= 4 is 22.4 Å². The first-order valence-corrected chi connectivity index (χ1v) is 9.01. The zero-order chi connectivity index (χ0) is 14.6. The third-order valence-electron chi connectivity index (χ3n) is 4.25. The molecule has 0 aromatic heterocycles. The summed E-state index contributed by atoms with van der Waals surface area (Å²) in [4.78, 5) is 0. The van der Waals surface area contributed by atoms with Gasteiger partial charge < -0.3 is 15.2 Å². The molecule has 21 heavy (non-hydrogen) atoms. The van der Waals surface area contributed by atoms with Gasteiger partial charge in [-0.15, -0.1) is 12.4 Å². The van der Waals surface area contributed by atoms with Gasteiger partial charge in [-0.25, -0.2) is 8.42 Å². The molecule has 2 N–H and O–H groups in total. The van der Waals surface area contributed by atoms with E-state index in [1.54, 1.807) is 11.4 Å². The van der Waals surface area contributed by atoms with Crippen LogP contribution >= 0.6 is 12.4 Å². The Hall–Kier alpha value is 0.0800. The van der Waals surface area contributed by atoms with Crippen LogP contribution in [-0.2, 0) is 19.5 Å². The van der Waals surface area contributed by atoms with E-state index in [1.165, 1.54) is 0 Å². The smallest absolute Gasteiger partial charge is 0.216 e. The highest BCUT2D eigenvalue weighted by Gasteiger charge is 2.36. The standard InChI is InChI=1S/C13H26N2O4S.ClH/c1-18-12-5-6-15(11(8-12)9-14)20(16,17)10-13-4-2-3-7-19-13;/h11-13H,2-10,14H2,1H3;1H. The third kappa shape index (κ3) is 5.04. The summed E-state index contributed by atoms with van der Waals surface area (Å²) in [6.07, 6.45) is 4.28. The quantitative estimate of drug-likeness (QED) is 0.797. The lowest BCUT2D eigenvalue weighted by atomic mass is 10.0. The average molecular weight is 343 g/mol. The lowest BCUT2D eigenvalue weighted by Gasteiger charge is -2.38. The van der Waals surface area contributed by atoms with Gasteiger partial charge in [-0.2, -0.15) is 4.31 Å². The van der Waals surface area contributed by atoms with Gasteiger partial charge >= 0.3 is 0 Å². The Balaban J connectivity index is 0.00000220. The largest absolute Gasteiger partial charge is 0.381 e. The van der Waals surface area contributed by atoms with Crippen molar-refractivity contribution in [1.82, 2.24) is 4.31 Å². The molecule has 0 radical (unpaired) electrons. The molecule has 2 aliphatic heterocycles. The van der Waals surface area contributed by atoms with E-state index < -0.39 is 10.0 Å². The number of methoxy groups -OCH3 is 1. The van der Waals surface area contributed by atoms with E-state index in [0.717, 1.165) is 25.7 Å². The molecular weight excluding hydrogens is 316 g/mol.